The molecular weight excluding hydrogens is 582 g/mol. The molecule has 3 aromatic carbocycles. The van der Waals surface area contributed by atoms with Crippen LogP contribution in [0.4, 0.5) is 39.3 Å². The van der Waals surface area contributed by atoms with Gasteiger partial charge in [-0.1, -0.05) is 18.2 Å². The van der Waals surface area contributed by atoms with Crippen molar-refractivity contribution in [2.24, 2.45) is 0 Å². The number of rotatable bonds is 9. The fraction of sp³-hybridized carbons (Fsp3) is 0.343. The fourth-order valence-electron chi connectivity index (χ4n) is 6.20. The van der Waals surface area contributed by atoms with Crippen molar-refractivity contribution in [1.82, 2.24) is 14.9 Å². The summed E-state index contributed by atoms with van der Waals surface area (Å²) < 4.78 is 16.9. The summed E-state index contributed by atoms with van der Waals surface area (Å²) in [6, 6.07) is 17.4. The van der Waals surface area contributed by atoms with E-state index in [1.807, 2.05) is 56.3 Å². The van der Waals surface area contributed by atoms with E-state index in [2.05, 4.69) is 27.6 Å². The van der Waals surface area contributed by atoms with E-state index in [1.54, 1.807) is 49.5 Å². The Bertz CT molecular complexity index is 1720. The van der Waals surface area contributed by atoms with E-state index in [4.69, 9.17) is 19.2 Å². The normalized spacial score (nSPS) is 15.4. The number of hydrogen-bond acceptors (Lipinski definition) is 9. The van der Waals surface area contributed by atoms with Crippen LogP contribution in [0.1, 0.15) is 29.5 Å². The van der Waals surface area contributed by atoms with Crippen LogP contribution in [-0.2, 0) is 6.54 Å². The summed E-state index contributed by atoms with van der Waals surface area (Å²) in [4.78, 5) is 29.7. The molecule has 2 aliphatic rings. The van der Waals surface area contributed by atoms with Gasteiger partial charge < -0.3 is 29.7 Å². The molecule has 240 valence electrons. The van der Waals surface area contributed by atoms with Crippen LogP contribution in [-0.4, -0.2) is 68.4 Å². The van der Waals surface area contributed by atoms with Gasteiger partial charge in [0.05, 0.1) is 44.9 Å². The molecule has 11 heteroatoms. The lowest BCUT2D eigenvalue weighted by molar-refractivity contribution is 0.252. The molecule has 1 fully saturated rings. The van der Waals surface area contributed by atoms with Crippen molar-refractivity contribution in [3.05, 3.63) is 77.5 Å². The topological polar surface area (TPSA) is 104 Å². The Morgan fingerprint density at radius 2 is 1.63 bits per heavy atom. The van der Waals surface area contributed by atoms with E-state index < -0.39 is 0 Å². The second-order valence-electron chi connectivity index (χ2n) is 11.8. The Morgan fingerprint density at radius 3 is 2.33 bits per heavy atom. The Labute approximate surface area is 270 Å². The molecule has 0 radical (unpaired) electrons. The Morgan fingerprint density at radius 1 is 0.891 bits per heavy atom. The number of fused-ring (bicyclic) bond motifs is 1. The van der Waals surface area contributed by atoms with Crippen LogP contribution < -0.4 is 34.6 Å². The van der Waals surface area contributed by atoms with Crippen LogP contribution in [0.25, 0.3) is 0 Å². The van der Waals surface area contributed by atoms with Crippen molar-refractivity contribution in [2.75, 3.05) is 61.9 Å². The average Bonchev–Trinajstić information content (AvgIpc) is 3.06. The molecule has 0 bridgehead atoms. The van der Waals surface area contributed by atoms with Crippen molar-refractivity contribution in [3.8, 4) is 17.2 Å². The number of carbonyl (C=O) groups is 1. The molecule has 6 rings (SSSR count). The molecule has 2 aliphatic heterocycles. The molecule has 3 heterocycles. The SMILES string of the molecule is COc1ccc(N2C(=O)N(c3c(C)cccc3C)Cc3cnc(Nc4ccc(NC5CCN(C)CC5)c(OC)c4)nc32)c(OC)c1. The van der Waals surface area contributed by atoms with Crippen LogP contribution >= 0.6 is 0 Å². The fourth-order valence-corrected chi connectivity index (χ4v) is 6.20. The molecular formula is C35H41N7O4. The van der Waals surface area contributed by atoms with Crippen molar-refractivity contribution >= 4 is 40.5 Å². The number of piperidine rings is 1. The number of methoxy groups -OCH3 is 3. The molecule has 0 saturated carbocycles. The number of urea groups is 1. The number of carbonyl (C=O) groups excluding carboxylic acids is 1. The number of aryl methyl sites for hydroxylation is 2. The molecule has 2 amide bonds. The van der Waals surface area contributed by atoms with Crippen molar-refractivity contribution in [2.45, 2.75) is 39.3 Å². The van der Waals surface area contributed by atoms with E-state index in [0.29, 0.717) is 41.5 Å². The van der Waals surface area contributed by atoms with Gasteiger partial charge in [0.2, 0.25) is 5.95 Å². The smallest absolute Gasteiger partial charge is 0.335 e. The van der Waals surface area contributed by atoms with Gasteiger partial charge in [0.25, 0.3) is 0 Å². The number of para-hydroxylation sites is 1. The van der Waals surface area contributed by atoms with Crippen molar-refractivity contribution in [3.63, 3.8) is 0 Å². The van der Waals surface area contributed by atoms with Crippen LogP contribution in [0.15, 0.2) is 60.8 Å². The number of aromatic nitrogens is 2. The zero-order valence-corrected chi connectivity index (χ0v) is 27.3. The Hall–Kier alpha value is -5.03. The van der Waals surface area contributed by atoms with Gasteiger partial charge in [-0.05, 0) is 82.2 Å². The minimum atomic E-state index is -0.246. The highest BCUT2D eigenvalue weighted by Crippen LogP contribution is 2.43. The highest BCUT2D eigenvalue weighted by molar-refractivity contribution is 6.11. The maximum atomic E-state index is 14.4. The maximum absolute atomic E-state index is 14.4. The van der Waals surface area contributed by atoms with Gasteiger partial charge in [0, 0.05) is 35.6 Å². The summed E-state index contributed by atoms with van der Waals surface area (Å²) in [6.07, 6.45) is 3.93. The molecule has 0 spiro atoms. The van der Waals surface area contributed by atoms with Gasteiger partial charge in [0.15, 0.2) is 5.82 Å². The summed E-state index contributed by atoms with van der Waals surface area (Å²) in [5, 5.41) is 6.97. The largest absolute Gasteiger partial charge is 0.497 e. The second kappa shape index (κ2) is 13.1. The first-order chi connectivity index (χ1) is 22.3. The highest BCUT2D eigenvalue weighted by atomic mass is 16.5. The van der Waals surface area contributed by atoms with Crippen molar-refractivity contribution < 1.29 is 19.0 Å². The van der Waals surface area contributed by atoms with Gasteiger partial charge >= 0.3 is 6.03 Å². The summed E-state index contributed by atoms with van der Waals surface area (Å²) >= 11 is 0. The molecule has 0 unspecified atom stereocenters. The number of hydrogen-bond donors (Lipinski definition) is 2. The second-order valence-corrected chi connectivity index (χ2v) is 11.8. The first kappa shape index (κ1) is 31.0. The van der Waals surface area contributed by atoms with Gasteiger partial charge in [-0.25, -0.2) is 14.7 Å². The lowest BCUT2D eigenvalue weighted by Gasteiger charge is -2.37. The summed E-state index contributed by atoms with van der Waals surface area (Å²) in [7, 11) is 6.99. The number of anilines is 6. The van der Waals surface area contributed by atoms with E-state index in [-0.39, 0.29) is 6.03 Å². The minimum absolute atomic E-state index is 0.246. The third-order valence-electron chi connectivity index (χ3n) is 8.68. The Balaban J connectivity index is 1.35. The predicted octanol–water partition coefficient (Wildman–Crippen LogP) is 6.65. The summed E-state index contributed by atoms with van der Waals surface area (Å²) in [5.74, 6) is 2.65. The third kappa shape index (κ3) is 6.10. The lowest BCUT2D eigenvalue weighted by Crippen LogP contribution is -2.46. The highest BCUT2D eigenvalue weighted by Gasteiger charge is 2.37. The molecule has 1 saturated heterocycles. The average molecular weight is 624 g/mol. The van der Waals surface area contributed by atoms with E-state index in [1.165, 1.54) is 0 Å². The molecule has 11 nitrogen and oxygen atoms in total. The molecule has 4 aromatic rings. The van der Waals surface area contributed by atoms with E-state index in [0.717, 1.165) is 65.4 Å². The van der Waals surface area contributed by atoms with Crippen LogP contribution in [0, 0.1) is 13.8 Å². The zero-order valence-electron chi connectivity index (χ0n) is 27.3. The van der Waals surface area contributed by atoms with Gasteiger partial charge in [-0.15, -0.1) is 0 Å². The monoisotopic (exact) mass is 623 g/mol. The molecule has 0 atom stereocenters. The summed E-state index contributed by atoms with van der Waals surface area (Å²) in [6.45, 7) is 6.48. The molecule has 1 aromatic heterocycles. The van der Waals surface area contributed by atoms with Crippen LogP contribution in [0.5, 0.6) is 17.2 Å². The number of benzene rings is 3. The Kier molecular flexibility index (Phi) is 8.85. The number of likely N-dealkylation sites (tertiary alicyclic amines) is 1. The number of amides is 2. The van der Waals surface area contributed by atoms with Crippen molar-refractivity contribution in [1.29, 1.82) is 0 Å². The lowest BCUT2D eigenvalue weighted by atomic mass is 10.0. The quantitative estimate of drug-likeness (QED) is 0.212. The van der Waals surface area contributed by atoms with Gasteiger partial charge in [-0.3, -0.25) is 4.90 Å². The van der Waals surface area contributed by atoms with E-state index in [9.17, 15) is 4.79 Å². The zero-order chi connectivity index (χ0) is 32.4. The van der Waals surface area contributed by atoms with Gasteiger partial charge in [-0.2, -0.15) is 4.98 Å². The molecule has 0 aliphatic carbocycles. The third-order valence-corrected chi connectivity index (χ3v) is 8.68. The maximum Gasteiger partial charge on any atom is 0.335 e. The standard InChI is InChI=1S/C35H41N7O4/c1-22-8-7-9-23(2)32(22)41-21-24-20-36-34(39-33(24)42(35(41)43)29-13-11-27(44-4)19-31(29)46-6)38-26-10-12-28(30(18-26)45-5)37-25-14-16-40(3)17-15-25/h7-13,18-20,25,37H,14-17,21H2,1-6H3,(H,36,38,39). The van der Waals surface area contributed by atoms with E-state index >= 15 is 0 Å². The summed E-state index contributed by atoms with van der Waals surface area (Å²) in [5.41, 5.74) is 5.91. The minimum Gasteiger partial charge on any atom is -0.497 e. The first-order valence-electron chi connectivity index (χ1n) is 15.5. The van der Waals surface area contributed by atoms with Crippen LogP contribution in [0.3, 0.4) is 0 Å². The number of ether oxygens (including phenoxy) is 3. The number of nitrogens with zero attached hydrogens (tertiary/aromatic N) is 5. The number of nitrogens with one attached hydrogen (secondary N) is 2. The molecule has 2 N–H and O–H groups in total. The first-order valence-corrected chi connectivity index (χ1v) is 15.5. The van der Waals surface area contributed by atoms with Gasteiger partial charge in [0.1, 0.15) is 17.2 Å². The molecule has 46 heavy (non-hydrogen) atoms. The van der Waals surface area contributed by atoms with Crippen LogP contribution in [0.2, 0.25) is 0 Å². The predicted molar refractivity (Wildman–Crippen MR) is 182 cm³/mol.